The molecule has 4 N–H and O–H groups in total. The summed E-state index contributed by atoms with van der Waals surface area (Å²) in [6.45, 7) is 1.48. The third-order valence-electron chi connectivity index (χ3n) is 3.61. The quantitative estimate of drug-likeness (QED) is 0.789. The van der Waals surface area contributed by atoms with Crippen molar-refractivity contribution in [1.29, 1.82) is 0 Å². The first-order valence-corrected chi connectivity index (χ1v) is 6.34. The zero-order chi connectivity index (χ0) is 13.4. The van der Waals surface area contributed by atoms with E-state index in [-0.39, 0.29) is 11.8 Å². The molecule has 0 bridgehead atoms. The standard InChI is InChI=1S/C14H16N4O/c15-11-2-3-12-9(7-11)1-4-13(17-12)18-6-5-10(8-18)14(16)19/h1-4,7,10H,5-6,8,15H2,(H2,16,19). The van der Waals surface area contributed by atoms with Crippen LogP contribution in [-0.2, 0) is 4.79 Å². The van der Waals surface area contributed by atoms with Gasteiger partial charge in [-0.1, -0.05) is 0 Å². The first-order valence-electron chi connectivity index (χ1n) is 6.34. The largest absolute Gasteiger partial charge is 0.399 e. The number of aromatic nitrogens is 1. The number of hydrogen-bond acceptors (Lipinski definition) is 4. The molecule has 1 aliphatic heterocycles. The highest BCUT2D eigenvalue weighted by Gasteiger charge is 2.27. The van der Waals surface area contributed by atoms with Crippen molar-refractivity contribution in [3.63, 3.8) is 0 Å². The number of fused-ring (bicyclic) bond motifs is 1. The Balaban J connectivity index is 1.90. The van der Waals surface area contributed by atoms with Crippen molar-refractivity contribution < 1.29 is 4.79 Å². The molecule has 1 aliphatic rings. The number of nitrogens with two attached hydrogens (primary N) is 2. The van der Waals surface area contributed by atoms with Crippen molar-refractivity contribution in [3.8, 4) is 0 Å². The Labute approximate surface area is 111 Å². The minimum Gasteiger partial charge on any atom is -0.399 e. The summed E-state index contributed by atoms with van der Waals surface area (Å²) in [4.78, 5) is 17.9. The van der Waals surface area contributed by atoms with Crippen molar-refractivity contribution in [2.75, 3.05) is 23.7 Å². The van der Waals surface area contributed by atoms with E-state index in [2.05, 4.69) is 9.88 Å². The molecule has 0 spiro atoms. The van der Waals surface area contributed by atoms with E-state index in [0.717, 1.165) is 35.4 Å². The first kappa shape index (κ1) is 11.8. The van der Waals surface area contributed by atoms with Crippen LogP contribution < -0.4 is 16.4 Å². The minimum absolute atomic E-state index is 0.0658. The highest BCUT2D eigenvalue weighted by Crippen LogP contribution is 2.25. The number of pyridine rings is 1. The number of benzene rings is 1. The maximum absolute atomic E-state index is 11.2. The van der Waals surface area contributed by atoms with Crippen molar-refractivity contribution >= 4 is 28.3 Å². The van der Waals surface area contributed by atoms with Crippen LogP contribution in [0.15, 0.2) is 30.3 Å². The predicted molar refractivity (Wildman–Crippen MR) is 75.7 cm³/mol. The summed E-state index contributed by atoms with van der Waals surface area (Å²) >= 11 is 0. The van der Waals surface area contributed by atoms with Gasteiger partial charge in [0.05, 0.1) is 11.4 Å². The van der Waals surface area contributed by atoms with Gasteiger partial charge < -0.3 is 16.4 Å². The Kier molecular flexibility index (Phi) is 2.74. The number of primary amides is 1. The van der Waals surface area contributed by atoms with E-state index < -0.39 is 0 Å². The second kappa shape index (κ2) is 4.42. The van der Waals surface area contributed by atoms with E-state index in [9.17, 15) is 4.79 Å². The van der Waals surface area contributed by atoms with Gasteiger partial charge >= 0.3 is 0 Å². The van der Waals surface area contributed by atoms with Crippen LogP contribution in [-0.4, -0.2) is 24.0 Å². The molecule has 5 nitrogen and oxygen atoms in total. The first-order chi connectivity index (χ1) is 9.13. The molecule has 1 unspecified atom stereocenters. The number of amides is 1. The van der Waals surface area contributed by atoms with E-state index in [0.29, 0.717) is 6.54 Å². The zero-order valence-corrected chi connectivity index (χ0v) is 10.5. The van der Waals surface area contributed by atoms with Gasteiger partial charge in [0.15, 0.2) is 0 Å². The second-order valence-corrected chi connectivity index (χ2v) is 4.96. The molecular formula is C14H16N4O. The summed E-state index contributed by atoms with van der Waals surface area (Å²) in [5.74, 6) is 0.598. The molecular weight excluding hydrogens is 240 g/mol. The smallest absolute Gasteiger partial charge is 0.222 e. The molecule has 19 heavy (non-hydrogen) atoms. The Morgan fingerprint density at radius 2 is 2.16 bits per heavy atom. The summed E-state index contributed by atoms with van der Waals surface area (Å²) in [6.07, 6.45) is 0.802. The van der Waals surface area contributed by atoms with E-state index in [1.165, 1.54) is 0 Å². The number of carbonyl (C=O) groups excluding carboxylic acids is 1. The zero-order valence-electron chi connectivity index (χ0n) is 10.5. The summed E-state index contributed by atoms with van der Waals surface area (Å²) in [5, 5.41) is 1.02. The molecule has 1 aromatic carbocycles. The van der Waals surface area contributed by atoms with Gasteiger partial charge in [0, 0.05) is 24.2 Å². The molecule has 0 saturated carbocycles. The van der Waals surface area contributed by atoms with Crippen LogP contribution in [0.4, 0.5) is 11.5 Å². The van der Waals surface area contributed by atoms with Gasteiger partial charge in [-0.15, -0.1) is 0 Å². The maximum Gasteiger partial charge on any atom is 0.222 e. The number of rotatable bonds is 2. The average molecular weight is 256 g/mol. The predicted octanol–water partition coefficient (Wildman–Crippen LogP) is 1.13. The fourth-order valence-electron chi connectivity index (χ4n) is 2.51. The molecule has 2 heterocycles. The molecule has 0 radical (unpaired) electrons. The van der Waals surface area contributed by atoms with Crippen LogP contribution >= 0.6 is 0 Å². The molecule has 3 rings (SSSR count). The summed E-state index contributed by atoms with van der Waals surface area (Å²) in [5.41, 5.74) is 12.7. The van der Waals surface area contributed by atoms with Crippen molar-refractivity contribution in [1.82, 2.24) is 4.98 Å². The summed E-state index contributed by atoms with van der Waals surface area (Å²) in [6, 6.07) is 9.63. The molecule has 1 fully saturated rings. The van der Waals surface area contributed by atoms with E-state index in [4.69, 9.17) is 11.5 Å². The van der Waals surface area contributed by atoms with Gasteiger partial charge in [-0.05, 0) is 36.8 Å². The van der Waals surface area contributed by atoms with Crippen LogP contribution in [0.5, 0.6) is 0 Å². The van der Waals surface area contributed by atoms with Crippen molar-refractivity contribution in [3.05, 3.63) is 30.3 Å². The summed E-state index contributed by atoms with van der Waals surface area (Å²) in [7, 11) is 0. The van der Waals surface area contributed by atoms with Gasteiger partial charge in [0.1, 0.15) is 5.82 Å². The fourth-order valence-corrected chi connectivity index (χ4v) is 2.51. The Morgan fingerprint density at radius 1 is 1.32 bits per heavy atom. The fraction of sp³-hybridized carbons (Fsp3) is 0.286. The molecule has 98 valence electrons. The lowest BCUT2D eigenvalue weighted by Crippen LogP contribution is -2.27. The lowest BCUT2D eigenvalue weighted by Gasteiger charge is -2.17. The van der Waals surface area contributed by atoms with Crippen LogP contribution in [0.1, 0.15) is 6.42 Å². The topological polar surface area (TPSA) is 85.2 Å². The maximum atomic E-state index is 11.2. The highest BCUT2D eigenvalue weighted by atomic mass is 16.1. The normalized spacial score (nSPS) is 18.9. The number of carbonyl (C=O) groups is 1. The molecule has 5 heteroatoms. The number of nitrogens with zero attached hydrogens (tertiary/aromatic N) is 2. The SMILES string of the molecule is NC(=O)C1CCN(c2ccc3cc(N)ccc3n2)C1. The van der Waals surface area contributed by atoms with Gasteiger partial charge in [0.25, 0.3) is 0 Å². The molecule has 1 atom stereocenters. The molecule has 1 aromatic heterocycles. The third-order valence-corrected chi connectivity index (χ3v) is 3.61. The van der Waals surface area contributed by atoms with Crippen LogP contribution in [0.2, 0.25) is 0 Å². The summed E-state index contributed by atoms with van der Waals surface area (Å²) < 4.78 is 0. The molecule has 1 amide bonds. The van der Waals surface area contributed by atoms with Crippen LogP contribution in [0.25, 0.3) is 10.9 Å². The second-order valence-electron chi connectivity index (χ2n) is 4.96. The van der Waals surface area contributed by atoms with Gasteiger partial charge in [-0.2, -0.15) is 0 Å². The Morgan fingerprint density at radius 3 is 2.89 bits per heavy atom. The van der Waals surface area contributed by atoms with E-state index in [1.54, 1.807) is 0 Å². The Bertz CT molecular complexity index is 640. The molecule has 2 aromatic rings. The minimum atomic E-state index is -0.226. The van der Waals surface area contributed by atoms with E-state index in [1.807, 2.05) is 30.3 Å². The lowest BCUT2D eigenvalue weighted by molar-refractivity contribution is -0.121. The molecule has 0 aliphatic carbocycles. The molecule has 1 saturated heterocycles. The average Bonchev–Trinajstić information content (AvgIpc) is 2.88. The van der Waals surface area contributed by atoms with Crippen molar-refractivity contribution in [2.24, 2.45) is 11.7 Å². The third kappa shape index (κ3) is 2.19. The van der Waals surface area contributed by atoms with Gasteiger partial charge in [-0.3, -0.25) is 4.79 Å². The monoisotopic (exact) mass is 256 g/mol. The number of anilines is 2. The number of hydrogen-bond donors (Lipinski definition) is 2. The highest BCUT2D eigenvalue weighted by molar-refractivity contribution is 5.83. The van der Waals surface area contributed by atoms with E-state index >= 15 is 0 Å². The van der Waals surface area contributed by atoms with Gasteiger partial charge in [0.2, 0.25) is 5.91 Å². The Hall–Kier alpha value is -2.30. The lowest BCUT2D eigenvalue weighted by atomic mass is 10.1. The van der Waals surface area contributed by atoms with Crippen LogP contribution in [0.3, 0.4) is 0 Å². The van der Waals surface area contributed by atoms with Gasteiger partial charge in [-0.25, -0.2) is 4.98 Å². The van der Waals surface area contributed by atoms with Crippen molar-refractivity contribution in [2.45, 2.75) is 6.42 Å². The van der Waals surface area contributed by atoms with Crippen LogP contribution in [0, 0.1) is 5.92 Å². The number of nitrogen functional groups attached to an aromatic ring is 1.